The maximum atomic E-state index is 5.81. The minimum Gasteiger partial charge on any atom is -0.492 e. The summed E-state index contributed by atoms with van der Waals surface area (Å²) in [6.45, 7) is 2.61. The third-order valence-electron chi connectivity index (χ3n) is 3.82. The van der Waals surface area contributed by atoms with Gasteiger partial charge in [-0.25, -0.2) is 0 Å². The Morgan fingerprint density at radius 2 is 2.21 bits per heavy atom. The zero-order chi connectivity index (χ0) is 13.1. The third-order valence-corrected chi connectivity index (χ3v) is 3.82. The molecule has 1 N–H and O–H groups in total. The summed E-state index contributed by atoms with van der Waals surface area (Å²) in [6, 6.07) is 5.52. The summed E-state index contributed by atoms with van der Waals surface area (Å²) in [5.74, 6) is 0.937. The Labute approximate surface area is 115 Å². The molecule has 0 aliphatic heterocycles. The van der Waals surface area contributed by atoms with Crippen LogP contribution in [0.3, 0.4) is 0 Å². The molecule has 0 atom stereocenters. The van der Waals surface area contributed by atoms with Gasteiger partial charge in [0.25, 0.3) is 0 Å². The van der Waals surface area contributed by atoms with Crippen molar-refractivity contribution in [1.82, 2.24) is 15.2 Å². The van der Waals surface area contributed by atoms with Crippen LogP contribution in [0.5, 0.6) is 5.75 Å². The molecule has 2 saturated carbocycles. The van der Waals surface area contributed by atoms with Crippen LogP contribution in [0.25, 0.3) is 0 Å². The van der Waals surface area contributed by atoms with Crippen LogP contribution in [0, 0.1) is 0 Å². The lowest BCUT2D eigenvalue weighted by Crippen LogP contribution is -2.26. The molecule has 2 fully saturated rings. The summed E-state index contributed by atoms with van der Waals surface area (Å²) in [7, 11) is 2.18. The Morgan fingerprint density at radius 3 is 2.95 bits per heavy atom. The molecule has 3 rings (SSSR count). The molecule has 1 aromatic heterocycles. The zero-order valence-corrected chi connectivity index (χ0v) is 11.6. The summed E-state index contributed by atoms with van der Waals surface area (Å²) in [6.07, 6.45) is 7.16. The number of pyridine rings is 1. The molecule has 0 radical (unpaired) electrons. The van der Waals surface area contributed by atoms with Crippen molar-refractivity contribution in [2.24, 2.45) is 0 Å². The van der Waals surface area contributed by atoms with Gasteiger partial charge in [0.15, 0.2) is 0 Å². The van der Waals surface area contributed by atoms with Crippen LogP contribution < -0.4 is 10.1 Å². The summed E-state index contributed by atoms with van der Waals surface area (Å²) in [5, 5.41) is 3.47. The fraction of sp³-hybridized carbons (Fsp3) is 0.667. The van der Waals surface area contributed by atoms with E-state index in [0.29, 0.717) is 0 Å². The number of hydrogen-bond acceptors (Lipinski definition) is 4. The first-order chi connectivity index (χ1) is 9.31. The van der Waals surface area contributed by atoms with Gasteiger partial charge in [-0.1, -0.05) is 0 Å². The Morgan fingerprint density at radius 1 is 1.37 bits per heavy atom. The predicted molar refractivity (Wildman–Crippen MR) is 75.2 cm³/mol. The van der Waals surface area contributed by atoms with E-state index in [1.807, 2.05) is 18.3 Å². The number of nitrogens with one attached hydrogen (secondary N) is 1. The maximum Gasteiger partial charge on any atom is 0.122 e. The lowest BCUT2D eigenvalue weighted by Gasteiger charge is -2.16. The quantitative estimate of drug-likeness (QED) is 0.774. The highest BCUT2D eigenvalue weighted by atomic mass is 16.5. The molecule has 0 bridgehead atoms. The van der Waals surface area contributed by atoms with Crippen molar-refractivity contribution in [2.45, 2.75) is 44.3 Å². The average Bonchev–Trinajstić information content (AvgIpc) is 3.30. The fourth-order valence-corrected chi connectivity index (χ4v) is 2.18. The van der Waals surface area contributed by atoms with E-state index >= 15 is 0 Å². The second-order valence-corrected chi connectivity index (χ2v) is 5.70. The topological polar surface area (TPSA) is 37.4 Å². The average molecular weight is 261 g/mol. The fourth-order valence-electron chi connectivity index (χ4n) is 2.18. The Kier molecular flexibility index (Phi) is 3.99. The SMILES string of the molecule is CN(CCOc1ccnc(CNC2CC2)c1)C1CC1. The van der Waals surface area contributed by atoms with Crippen molar-refractivity contribution in [3.63, 3.8) is 0 Å². The molecule has 0 spiro atoms. The highest BCUT2D eigenvalue weighted by Gasteiger charge is 2.25. The molecule has 104 valence electrons. The van der Waals surface area contributed by atoms with Crippen LogP contribution in [0.4, 0.5) is 0 Å². The van der Waals surface area contributed by atoms with Crippen LogP contribution in [-0.4, -0.2) is 42.2 Å². The van der Waals surface area contributed by atoms with Crippen LogP contribution in [-0.2, 0) is 6.54 Å². The molecular weight excluding hydrogens is 238 g/mol. The Bertz CT molecular complexity index is 416. The van der Waals surface area contributed by atoms with Gasteiger partial charge in [-0.2, -0.15) is 0 Å². The normalized spacial score (nSPS) is 18.8. The maximum absolute atomic E-state index is 5.81. The highest BCUT2D eigenvalue weighted by Crippen LogP contribution is 2.25. The van der Waals surface area contributed by atoms with Crippen molar-refractivity contribution in [3.8, 4) is 5.75 Å². The van der Waals surface area contributed by atoms with E-state index in [-0.39, 0.29) is 0 Å². The largest absolute Gasteiger partial charge is 0.492 e. The van der Waals surface area contributed by atoms with Crippen molar-refractivity contribution in [1.29, 1.82) is 0 Å². The molecule has 0 saturated heterocycles. The number of rotatable bonds is 8. The first-order valence-corrected chi connectivity index (χ1v) is 7.32. The minimum absolute atomic E-state index is 0.721. The van der Waals surface area contributed by atoms with Gasteiger partial charge in [0.2, 0.25) is 0 Å². The first-order valence-electron chi connectivity index (χ1n) is 7.32. The van der Waals surface area contributed by atoms with Gasteiger partial charge in [0, 0.05) is 37.4 Å². The van der Waals surface area contributed by atoms with E-state index in [2.05, 4.69) is 22.2 Å². The first kappa shape index (κ1) is 12.9. The lowest BCUT2D eigenvalue weighted by atomic mass is 10.3. The van der Waals surface area contributed by atoms with Crippen LogP contribution in [0.2, 0.25) is 0 Å². The van der Waals surface area contributed by atoms with Gasteiger partial charge >= 0.3 is 0 Å². The number of ether oxygens (including phenoxy) is 1. The molecule has 4 heteroatoms. The van der Waals surface area contributed by atoms with Gasteiger partial charge in [0.1, 0.15) is 12.4 Å². The van der Waals surface area contributed by atoms with Gasteiger partial charge in [-0.3, -0.25) is 4.98 Å². The van der Waals surface area contributed by atoms with Gasteiger partial charge < -0.3 is 15.0 Å². The van der Waals surface area contributed by atoms with Crippen molar-refractivity contribution in [2.75, 3.05) is 20.2 Å². The van der Waals surface area contributed by atoms with E-state index in [0.717, 1.165) is 43.2 Å². The third kappa shape index (κ3) is 4.18. The number of aromatic nitrogens is 1. The molecule has 2 aliphatic carbocycles. The molecule has 0 amide bonds. The molecule has 0 aromatic carbocycles. The number of likely N-dealkylation sites (N-methyl/N-ethyl adjacent to an activating group) is 1. The second kappa shape index (κ2) is 5.88. The standard InChI is InChI=1S/C15H23N3O/c1-18(14-4-5-14)8-9-19-15-6-7-16-13(10-15)11-17-12-2-3-12/h6-7,10,12,14,17H,2-5,8-9,11H2,1H3. The van der Waals surface area contributed by atoms with E-state index in [9.17, 15) is 0 Å². The molecular formula is C15H23N3O. The van der Waals surface area contributed by atoms with Crippen molar-refractivity contribution < 1.29 is 4.74 Å². The van der Waals surface area contributed by atoms with Crippen LogP contribution in [0.1, 0.15) is 31.4 Å². The van der Waals surface area contributed by atoms with Gasteiger partial charge in [-0.05, 0) is 38.8 Å². The Balaban J connectivity index is 1.42. The number of nitrogens with zero attached hydrogens (tertiary/aromatic N) is 2. The Hall–Kier alpha value is -1.13. The van der Waals surface area contributed by atoms with Crippen LogP contribution >= 0.6 is 0 Å². The second-order valence-electron chi connectivity index (χ2n) is 5.70. The van der Waals surface area contributed by atoms with Crippen LogP contribution in [0.15, 0.2) is 18.3 Å². The smallest absolute Gasteiger partial charge is 0.122 e. The predicted octanol–water partition coefficient (Wildman–Crippen LogP) is 1.81. The molecule has 1 heterocycles. The lowest BCUT2D eigenvalue weighted by molar-refractivity contribution is 0.231. The zero-order valence-electron chi connectivity index (χ0n) is 11.6. The van der Waals surface area contributed by atoms with Gasteiger partial charge in [-0.15, -0.1) is 0 Å². The van der Waals surface area contributed by atoms with E-state index in [1.54, 1.807) is 0 Å². The molecule has 4 nitrogen and oxygen atoms in total. The molecule has 2 aliphatic rings. The summed E-state index contributed by atoms with van der Waals surface area (Å²) >= 11 is 0. The van der Waals surface area contributed by atoms with E-state index in [4.69, 9.17) is 4.74 Å². The molecule has 1 aromatic rings. The molecule has 0 unspecified atom stereocenters. The highest BCUT2D eigenvalue weighted by molar-refractivity contribution is 5.22. The van der Waals surface area contributed by atoms with Gasteiger partial charge in [0.05, 0.1) is 5.69 Å². The monoisotopic (exact) mass is 261 g/mol. The molecule has 19 heavy (non-hydrogen) atoms. The van der Waals surface area contributed by atoms with Crippen molar-refractivity contribution >= 4 is 0 Å². The number of hydrogen-bond donors (Lipinski definition) is 1. The summed E-state index contributed by atoms with van der Waals surface area (Å²) < 4.78 is 5.81. The van der Waals surface area contributed by atoms with Crippen molar-refractivity contribution in [3.05, 3.63) is 24.0 Å². The summed E-state index contributed by atoms with van der Waals surface area (Å²) in [5.41, 5.74) is 1.07. The minimum atomic E-state index is 0.721. The summed E-state index contributed by atoms with van der Waals surface area (Å²) in [4.78, 5) is 6.75. The van der Waals surface area contributed by atoms with E-state index in [1.165, 1.54) is 25.7 Å². The van der Waals surface area contributed by atoms with E-state index < -0.39 is 0 Å².